The van der Waals surface area contributed by atoms with E-state index in [0.717, 1.165) is 5.69 Å². The highest BCUT2D eigenvalue weighted by atomic mass is 35.5. The molecule has 0 saturated carbocycles. The largest absolute Gasteiger partial charge is 0.378 e. The van der Waals surface area contributed by atoms with Crippen LogP contribution in [0.5, 0.6) is 0 Å². The van der Waals surface area contributed by atoms with Crippen molar-refractivity contribution in [1.29, 1.82) is 0 Å². The van der Waals surface area contributed by atoms with Gasteiger partial charge in [0, 0.05) is 31.7 Å². The van der Waals surface area contributed by atoms with E-state index < -0.39 is 11.7 Å². The van der Waals surface area contributed by atoms with Crippen molar-refractivity contribution >= 4 is 28.9 Å². The van der Waals surface area contributed by atoms with Gasteiger partial charge in [0.05, 0.1) is 5.56 Å². The second-order valence-electron chi connectivity index (χ2n) is 4.36. The predicted molar refractivity (Wildman–Crippen MR) is 77.9 cm³/mol. The first-order valence-electron chi connectivity index (χ1n) is 5.88. The van der Waals surface area contributed by atoms with Crippen molar-refractivity contribution in [1.82, 2.24) is 4.98 Å². The van der Waals surface area contributed by atoms with Crippen molar-refractivity contribution in [3.05, 3.63) is 53.1 Å². The Kier molecular flexibility index (Phi) is 4.20. The van der Waals surface area contributed by atoms with Gasteiger partial charge in [0.25, 0.3) is 5.91 Å². The molecule has 4 nitrogen and oxygen atoms in total. The van der Waals surface area contributed by atoms with Gasteiger partial charge in [-0.3, -0.25) is 4.79 Å². The molecule has 2 rings (SSSR count). The van der Waals surface area contributed by atoms with E-state index in [1.807, 2.05) is 31.1 Å². The van der Waals surface area contributed by atoms with Gasteiger partial charge in [-0.25, -0.2) is 9.37 Å². The number of pyridine rings is 1. The van der Waals surface area contributed by atoms with E-state index in [2.05, 4.69) is 10.3 Å². The Labute approximate surface area is 121 Å². The first kappa shape index (κ1) is 14.3. The summed E-state index contributed by atoms with van der Waals surface area (Å²) in [5, 5.41) is 2.29. The Morgan fingerprint density at radius 1 is 1.25 bits per heavy atom. The van der Waals surface area contributed by atoms with Crippen LogP contribution in [0.15, 0.2) is 36.5 Å². The van der Waals surface area contributed by atoms with Crippen molar-refractivity contribution in [2.45, 2.75) is 0 Å². The lowest BCUT2D eigenvalue weighted by Crippen LogP contribution is -2.14. The minimum Gasteiger partial charge on any atom is -0.378 e. The molecule has 0 unspecified atom stereocenters. The average molecular weight is 294 g/mol. The zero-order valence-electron chi connectivity index (χ0n) is 11.0. The third-order valence-electron chi connectivity index (χ3n) is 2.73. The van der Waals surface area contributed by atoms with Gasteiger partial charge >= 0.3 is 0 Å². The number of carbonyl (C=O) groups excluding carboxylic acids is 1. The highest BCUT2D eigenvalue weighted by molar-refractivity contribution is 6.30. The number of aromatic nitrogens is 1. The van der Waals surface area contributed by atoms with Crippen LogP contribution in [0.4, 0.5) is 15.8 Å². The summed E-state index contributed by atoms with van der Waals surface area (Å²) in [6.07, 6.45) is 1.29. The first-order chi connectivity index (χ1) is 9.49. The molecule has 0 aliphatic rings. The minimum atomic E-state index is -0.823. The number of hydrogen-bond donors (Lipinski definition) is 1. The number of halogens is 2. The lowest BCUT2D eigenvalue weighted by molar-refractivity contribution is 0.102. The van der Waals surface area contributed by atoms with Crippen molar-refractivity contribution in [2.24, 2.45) is 0 Å². The van der Waals surface area contributed by atoms with Gasteiger partial charge in [0.2, 0.25) is 0 Å². The van der Waals surface area contributed by atoms with Gasteiger partial charge in [0.15, 0.2) is 11.0 Å². The van der Waals surface area contributed by atoms with E-state index in [1.165, 1.54) is 12.3 Å². The molecule has 0 bridgehead atoms. The van der Waals surface area contributed by atoms with Crippen molar-refractivity contribution in [3.63, 3.8) is 0 Å². The first-order valence-corrected chi connectivity index (χ1v) is 6.25. The van der Waals surface area contributed by atoms with Crippen LogP contribution in [0.1, 0.15) is 10.4 Å². The summed E-state index contributed by atoms with van der Waals surface area (Å²) in [4.78, 5) is 17.5. The number of nitrogens with zero attached hydrogens (tertiary/aromatic N) is 2. The Morgan fingerprint density at radius 2 is 1.90 bits per heavy atom. The van der Waals surface area contributed by atoms with E-state index in [0.29, 0.717) is 5.69 Å². The van der Waals surface area contributed by atoms with E-state index in [4.69, 9.17) is 11.6 Å². The zero-order valence-corrected chi connectivity index (χ0v) is 11.8. The lowest BCUT2D eigenvalue weighted by atomic mass is 10.2. The second-order valence-corrected chi connectivity index (χ2v) is 4.72. The molecule has 2 aromatic rings. The molecule has 1 N–H and O–H groups in total. The van der Waals surface area contributed by atoms with Gasteiger partial charge in [-0.05, 0) is 30.3 Å². The van der Waals surface area contributed by atoms with Crippen LogP contribution in [0.25, 0.3) is 0 Å². The maximum Gasteiger partial charge on any atom is 0.258 e. The number of nitrogens with one attached hydrogen (secondary N) is 1. The molecule has 0 radical (unpaired) electrons. The maximum absolute atomic E-state index is 13.7. The van der Waals surface area contributed by atoms with Gasteiger partial charge < -0.3 is 10.2 Å². The van der Waals surface area contributed by atoms with Crippen LogP contribution in [-0.4, -0.2) is 25.0 Å². The third-order valence-corrected chi connectivity index (χ3v) is 3.00. The quantitative estimate of drug-likeness (QED) is 0.884. The predicted octanol–water partition coefficient (Wildman–Crippen LogP) is 3.19. The molecule has 6 heteroatoms. The summed E-state index contributed by atoms with van der Waals surface area (Å²) in [6, 6.07) is 8.48. The molecule has 0 aliphatic heterocycles. The Hall–Kier alpha value is -2.14. The number of hydrogen-bond acceptors (Lipinski definition) is 3. The standard InChI is InChI=1S/C14H13ClFN3O/c1-19(2)10-5-3-9(4-6-10)18-14(20)11-7-8-17-13(15)12(11)16/h3-8H,1-2H3,(H,18,20). The number of benzene rings is 1. The zero-order chi connectivity index (χ0) is 14.7. The van der Waals surface area contributed by atoms with E-state index in [-0.39, 0.29) is 10.7 Å². The monoisotopic (exact) mass is 293 g/mol. The molecule has 1 heterocycles. The molecule has 1 aromatic heterocycles. The van der Waals surface area contributed by atoms with Gasteiger partial charge in [-0.2, -0.15) is 0 Å². The van der Waals surface area contributed by atoms with Crippen LogP contribution in [-0.2, 0) is 0 Å². The lowest BCUT2D eigenvalue weighted by Gasteiger charge is -2.13. The summed E-state index contributed by atoms with van der Waals surface area (Å²) in [6.45, 7) is 0. The van der Waals surface area contributed by atoms with Crippen molar-refractivity contribution in [2.75, 3.05) is 24.3 Å². The Balaban J connectivity index is 2.17. The summed E-state index contributed by atoms with van der Waals surface area (Å²) in [5.41, 5.74) is 1.44. The number of rotatable bonds is 3. The summed E-state index contributed by atoms with van der Waals surface area (Å²) in [7, 11) is 3.84. The Morgan fingerprint density at radius 3 is 2.50 bits per heavy atom. The smallest absolute Gasteiger partial charge is 0.258 e. The van der Waals surface area contributed by atoms with Crippen molar-refractivity contribution < 1.29 is 9.18 Å². The van der Waals surface area contributed by atoms with Gasteiger partial charge in [-0.1, -0.05) is 11.6 Å². The number of carbonyl (C=O) groups is 1. The summed E-state index contributed by atoms with van der Waals surface area (Å²) in [5.74, 6) is -1.39. The molecule has 1 aromatic carbocycles. The third kappa shape index (κ3) is 3.05. The fraction of sp³-hybridized carbons (Fsp3) is 0.143. The summed E-state index contributed by atoms with van der Waals surface area (Å²) >= 11 is 5.54. The molecule has 0 fully saturated rings. The van der Waals surface area contributed by atoms with Gasteiger partial charge in [0.1, 0.15) is 0 Å². The molecule has 20 heavy (non-hydrogen) atoms. The Bertz CT molecular complexity index is 629. The van der Waals surface area contributed by atoms with Gasteiger partial charge in [-0.15, -0.1) is 0 Å². The number of anilines is 2. The second kappa shape index (κ2) is 5.88. The molecule has 0 spiro atoms. The molecule has 1 amide bonds. The molecule has 0 atom stereocenters. The molecule has 104 valence electrons. The van der Waals surface area contributed by atoms with E-state index >= 15 is 0 Å². The van der Waals surface area contributed by atoms with Crippen LogP contribution in [0.2, 0.25) is 5.15 Å². The minimum absolute atomic E-state index is 0.137. The fourth-order valence-electron chi connectivity index (χ4n) is 1.63. The molecular formula is C14H13ClFN3O. The highest BCUT2D eigenvalue weighted by Gasteiger charge is 2.15. The van der Waals surface area contributed by atoms with E-state index in [9.17, 15) is 9.18 Å². The fourth-order valence-corrected chi connectivity index (χ4v) is 1.79. The van der Waals surface area contributed by atoms with Crippen LogP contribution in [0, 0.1) is 5.82 Å². The highest BCUT2D eigenvalue weighted by Crippen LogP contribution is 2.19. The normalized spacial score (nSPS) is 10.2. The van der Waals surface area contributed by atoms with Crippen LogP contribution >= 0.6 is 11.6 Å². The van der Waals surface area contributed by atoms with Crippen molar-refractivity contribution in [3.8, 4) is 0 Å². The topological polar surface area (TPSA) is 45.2 Å². The van der Waals surface area contributed by atoms with Crippen LogP contribution < -0.4 is 10.2 Å². The average Bonchev–Trinajstić information content (AvgIpc) is 2.42. The number of amides is 1. The summed E-state index contributed by atoms with van der Waals surface area (Å²) < 4.78 is 13.7. The SMILES string of the molecule is CN(C)c1ccc(NC(=O)c2ccnc(Cl)c2F)cc1. The molecule has 0 aliphatic carbocycles. The maximum atomic E-state index is 13.7. The molecule has 0 saturated heterocycles. The van der Waals surface area contributed by atoms with Crippen LogP contribution in [0.3, 0.4) is 0 Å². The van der Waals surface area contributed by atoms with E-state index in [1.54, 1.807) is 12.1 Å². The molecular weight excluding hydrogens is 281 g/mol.